The zero-order valence-corrected chi connectivity index (χ0v) is 11.2. The SMILES string of the molecule is O=C(Cc1[nH]c(=O)[nH]c1O)Nc1ccc2c(c1)OCC(=O)N2. The largest absolute Gasteiger partial charge is 0.493 e. The molecule has 2 heterocycles. The number of fused-ring (bicyclic) bond motifs is 1. The molecule has 9 nitrogen and oxygen atoms in total. The van der Waals surface area contributed by atoms with Crippen LogP contribution in [0.1, 0.15) is 5.69 Å². The maximum Gasteiger partial charge on any atom is 0.325 e. The Morgan fingerprint density at radius 1 is 1.32 bits per heavy atom. The number of aromatic hydroxyl groups is 1. The van der Waals surface area contributed by atoms with Crippen molar-refractivity contribution < 1.29 is 19.4 Å². The van der Waals surface area contributed by atoms with Gasteiger partial charge in [0.25, 0.3) is 5.91 Å². The molecule has 0 fully saturated rings. The molecule has 5 N–H and O–H groups in total. The summed E-state index contributed by atoms with van der Waals surface area (Å²) in [6.07, 6.45) is -0.195. The molecule has 2 aromatic rings. The number of aromatic nitrogens is 2. The molecule has 0 bridgehead atoms. The Balaban J connectivity index is 1.70. The second-order valence-electron chi connectivity index (χ2n) is 4.68. The fourth-order valence-electron chi connectivity index (χ4n) is 2.06. The minimum absolute atomic E-state index is 0.0805. The number of nitrogens with one attached hydrogen (secondary N) is 4. The van der Waals surface area contributed by atoms with E-state index >= 15 is 0 Å². The zero-order chi connectivity index (χ0) is 15.7. The van der Waals surface area contributed by atoms with Crippen LogP contribution in [-0.4, -0.2) is 33.5 Å². The molecule has 1 aliphatic heterocycles. The van der Waals surface area contributed by atoms with Gasteiger partial charge in [0, 0.05) is 11.8 Å². The fraction of sp³-hybridized carbons (Fsp3) is 0.154. The van der Waals surface area contributed by atoms with Gasteiger partial charge in [-0.25, -0.2) is 4.79 Å². The molecule has 3 rings (SSSR count). The van der Waals surface area contributed by atoms with E-state index in [1.165, 1.54) is 0 Å². The lowest BCUT2D eigenvalue weighted by Crippen LogP contribution is -2.25. The summed E-state index contributed by atoms with van der Waals surface area (Å²) in [5.74, 6) is -0.576. The first-order chi connectivity index (χ1) is 10.5. The van der Waals surface area contributed by atoms with Crippen LogP contribution in [0, 0.1) is 0 Å². The Labute approximate surface area is 123 Å². The van der Waals surface area contributed by atoms with Gasteiger partial charge in [-0.1, -0.05) is 0 Å². The molecule has 9 heteroatoms. The van der Waals surface area contributed by atoms with E-state index in [1.54, 1.807) is 18.2 Å². The lowest BCUT2D eigenvalue weighted by molar-refractivity contribution is -0.118. The lowest BCUT2D eigenvalue weighted by atomic mass is 10.2. The summed E-state index contributed by atoms with van der Waals surface area (Å²) >= 11 is 0. The normalized spacial score (nSPS) is 13.0. The van der Waals surface area contributed by atoms with Crippen LogP contribution < -0.4 is 21.1 Å². The first-order valence-electron chi connectivity index (χ1n) is 6.38. The van der Waals surface area contributed by atoms with E-state index in [4.69, 9.17) is 4.74 Å². The van der Waals surface area contributed by atoms with Gasteiger partial charge in [0.05, 0.1) is 17.8 Å². The molecule has 0 atom stereocenters. The number of hydrogen-bond donors (Lipinski definition) is 5. The summed E-state index contributed by atoms with van der Waals surface area (Å²) in [5, 5.41) is 14.6. The summed E-state index contributed by atoms with van der Waals surface area (Å²) in [6.45, 7) is -0.0805. The lowest BCUT2D eigenvalue weighted by Gasteiger charge is -2.18. The Kier molecular flexibility index (Phi) is 3.30. The number of carbonyl (C=O) groups excluding carboxylic acids is 2. The van der Waals surface area contributed by atoms with E-state index < -0.39 is 11.6 Å². The monoisotopic (exact) mass is 304 g/mol. The molecular weight excluding hydrogens is 292 g/mol. The average molecular weight is 304 g/mol. The Morgan fingerprint density at radius 3 is 2.86 bits per heavy atom. The highest BCUT2D eigenvalue weighted by atomic mass is 16.5. The molecule has 1 aromatic heterocycles. The molecule has 0 saturated carbocycles. The molecule has 0 radical (unpaired) electrons. The predicted octanol–water partition coefficient (Wildman–Crippen LogP) is -0.0793. The van der Waals surface area contributed by atoms with Gasteiger partial charge in [-0.15, -0.1) is 0 Å². The van der Waals surface area contributed by atoms with Crippen molar-refractivity contribution in [1.29, 1.82) is 0 Å². The zero-order valence-electron chi connectivity index (χ0n) is 11.2. The van der Waals surface area contributed by atoms with E-state index in [1.807, 2.05) is 0 Å². The van der Waals surface area contributed by atoms with Crippen molar-refractivity contribution in [3.63, 3.8) is 0 Å². The van der Waals surface area contributed by atoms with Crippen LogP contribution in [-0.2, 0) is 16.0 Å². The number of aromatic amines is 2. The maximum absolute atomic E-state index is 11.9. The Hall–Kier alpha value is -3.23. The van der Waals surface area contributed by atoms with Crippen LogP contribution in [0.2, 0.25) is 0 Å². The van der Waals surface area contributed by atoms with Crippen LogP contribution in [0.15, 0.2) is 23.0 Å². The molecule has 0 spiro atoms. The number of benzene rings is 1. The fourth-order valence-corrected chi connectivity index (χ4v) is 2.06. The summed E-state index contributed by atoms with van der Waals surface area (Å²) in [7, 11) is 0. The number of ether oxygens (including phenoxy) is 1. The summed E-state index contributed by atoms with van der Waals surface area (Å²) in [5.41, 5.74) is 0.515. The number of rotatable bonds is 3. The van der Waals surface area contributed by atoms with E-state index in [-0.39, 0.29) is 30.5 Å². The first kappa shape index (κ1) is 13.7. The van der Waals surface area contributed by atoms with Crippen LogP contribution >= 0.6 is 0 Å². The van der Waals surface area contributed by atoms with Crippen molar-refractivity contribution in [3.8, 4) is 11.6 Å². The molecule has 114 valence electrons. The molecule has 0 aliphatic carbocycles. The Bertz CT molecular complexity index is 807. The van der Waals surface area contributed by atoms with Crippen molar-refractivity contribution in [2.24, 2.45) is 0 Å². The van der Waals surface area contributed by atoms with Crippen LogP contribution in [0.5, 0.6) is 11.6 Å². The third kappa shape index (κ3) is 2.77. The number of carbonyl (C=O) groups is 2. The number of amides is 2. The second kappa shape index (κ2) is 5.28. The number of hydrogen-bond acceptors (Lipinski definition) is 5. The minimum Gasteiger partial charge on any atom is -0.493 e. The summed E-state index contributed by atoms with van der Waals surface area (Å²) < 4.78 is 5.24. The third-order valence-corrected chi connectivity index (χ3v) is 3.02. The molecule has 1 aromatic carbocycles. The van der Waals surface area contributed by atoms with Crippen molar-refractivity contribution in [3.05, 3.63) is 34.4 Å². The second-order valence-corrected chi connectivity index (χ2v) is 4.68. The van der Waals surface area contributed by atoms with Gasteiger partial charge in [0.15, 0.2) is 6.61 Å². The molecule has 22 heavy (non-hydrogen) atoms. The predicted molar refractivity (Wildman–Crippen MR) is 76.0 cm³/mol. The number of H-pyrrole nitrogens is 2. The Morgan fingerprint density at radius 2 is 2.14 bits per heavy atom. The standard InChI is InChI=1S/C13H12N4O5/c18-10(4-8-12(20)17-13(21)16-8)14-6-1-2-7-9(3-6)22-5-11(19)15-7/h1-3,20H,4-5H2,(H,14,18)(H,15,19)(H2,16,17,21). The van der Waals surface area contributed by atoms with Crippen molar-refractivity contribution >= 4 is 23.2 Å². The van der Waals surface area contributed by atoms with Crippen LogP contribution in [0.25, 0.3) is 0 Å². The van der Waals surface area contributed by atoms with E-state index in [2.05, 4.69) is 20.6 Å². The highest BCUT2D eigenvalue weighted by Crippen LogP contribution is 2.30. The van der Waals surface area contributed by atoms with E-state index in [0.29, 0.717) is 17.1 Å². The molecule has 0 unspecified atom stereocenters. The van der Waals surface area contributed by atoms with Gasteiger partial charge in [0.2, 0.25) is 11.8 Å². The van der Waals surface area contributed by atoms with Gasteiger partial charge in [-0.2, -0.15) is 0 Å². The molecule has 2 amide bonds. The van der Waals surface area contributed by atoms with Crippen molar-refractivity contribution in [1.82, 2.24) is 9.97 Å². The van der Waals surface area contributed by atoms with Gasteiger partial charge in [0.1, 0.15) is 5.75 Å². The van der Waals surface area contributed by atoms with Crippen LogP contribution in [0.4, 0.5) is 11.4 Å². The summed E-state index contributed by atoms with van der Waals surface area (Å²) in [4.78, 5) is 38.5. The van der Waals surface area contributed by atoms with Crippen molar-refractivity contribution in [2.75, 3.05) is 17.2 Å². The maximum atomic E-state index is 11.9. The van der Waals surface area contributed by atoms with Gasteiger partial charge >= 0.3 is 5.69 Å². The summed E-state index contributed by atoms with van der Waals surface area (Å²) in [6, 6.07) is 4.79. The molecule has 1 aliphatic rings. The third-order valence-electron chi connectivity index (χ3n) is 3.02. The molecule has 0 saturated heterocycles. The number of anilines is 2. The smallest absolute Gasteiger partial charge is 0.325 e. The highest BCUT2D eigenvalue weighted by molar-refractivity contribution is 5.97. The van der Waals surface area contributed by atoms with Gasteiger partial charge in [-0.3, -0.25) is 14.6 Å². The minimum atomic E-state index is -0.585. The van der Waals surface area contributed by atoms with E-state index in [0.717, 1.165) is 0 Å². The van der Waals surface area contributed by atoms with Gasteiger partial charge in [-0.05, 0) is 12.1 Å². The molecular formula is C13H12N4O5. The van der Waals surface area contributed by atoms with E-state index in [9.17, 15) is 19.5 Å². The van der Waals surface area contributed by atoms with Crippen molar-refractivity contribution in [2.45, 2.75) is 6.42 Å². The topological polar surface area (TPSA) is 136 Å². The quantitative estimate of drug-likeness (QED) is 0.540. The van der Waals surface area contributed by atoms with Gasteiger partial charge < -0.3 is 25.5 Å². The average Bonchev–Trinajstić information content (AvgIpc) is 2.77. The first-order valence-corrected chi connectivity index (χ1v) is 6.38. The van der Waals surface area contributed by atoms with Crippen LogP contribution in [0.3, 0.4) is 0 Å². The number of imidazole rings is 1. The highest BCUT2D eigenvalue weighted by Gasteiger charge is 2.17.